The van der Waals surface area contributed by atoms with Gasteiger partial charge in [-0.1, -0.05) is 25.4 Å². The molecule has 1 saturated heterocycles. The highest BCUT2D eigenvalue weighted by Crippen LogP contribution is 2.23. The van der Waals surface area contributed by atoms with E-state index in [0.717, 1.165) is 18.9 Å². The Hall–Kier alpha value is -1.68. The Morgan fingerprint density at radius 2 is 2.03 bits per heavy atom. The Morgan fingerprint density at radius 3 is 2.66 bits per heavy atom. The summed E-state index contributed by atoms with van der Waals surface area (Å²) in [6, 6.07) is 3.72. The molecular weight excluding hydrogens is 420 g/mol. The molecule has 1 amide bonds. The molecule has 1 aliphatic rings. The summed E-state index contributed by atoms with van der Waals surface area (Å²) in [6.45, 7) is 6.04. The number of carbonyl (C=O) groups is 2. The van der Waals surface area contributed by atoms with Crippen molar-refractivity contribution in [2.24, 2.45) is 5.92 Å². The van der Waals surface area contributed by atoms with Crippen LogP contribution in [0.5, 0.6) is 0 Å². The quantitative estimate of drug-likeness (QED) is 0.562. The molecular formula is C19H27ClN2O6S. The molecule has 2 rings (SSSR count). The van der Waals surface area contributed by atoms with Crippen molar-refractivity contribution in [1.29, 1.82) is 0 Å². The summed E-state index contributed by atoms with van der Waals surface area (Å²) in [5.74, 6) is -1.01. The van der Waals surface area contributed by atoms with E-state index in [4.69, 9.17) is 21.1 Å². The summed E-state index contributed by atoms with van der Waals surface area (Å²) >= 11 is 6.03. The number of benzene rings is 1. The maximum atomic E-state index is 12.6. The molecule has 0 aromatic heterocycles. The van der Waals surface area contributed by atoms with Crippen LogP contribution < -0.4 is 10.0 Å². The lowest BCUT2D eigenvalue weighted by molar-refractivity contribution is -0.125. The standard InChI is InChI=1S/C19H27ClN2O6S/c1-12(2)13(3)22-18(23)11-28-19(24)14-6-7-16(20)17(9-14)29(25,26)21-10-15-5-4-8-27-15/h6-7,9,12-13,15,21H,4-5,8,10-11H2,1-3H3,(H,22,23)/t13-,15+/m0/s1. The van der Waals surface area contributed by atoms with Gasteiger partial charge in [-0.3, -0.25) is 4.79 Å². The van der Waals surface area contributed by atoms with Crippen LogP contribution in [0.2, 0.25) is 5.02 Å². The molecule has 1 aromatic rings. The number of esters is 1. The molecule has 2 N–H and O–H groups in total. The normalized spacial score (nSPS) is 17.9. The molecule has 0 spiro atoms. The van der Waals surface area contributed by atoms with Crippen LogP contribution in [0.1, 0.15) is 44.0 Å². The Morgan fingerprint density at radius 1 is 1.31 bits per heavy atom. The molecule has 8 nitrogen and oxygen atoms in total. The van der Waals surface area contributed by atoms with E-state index >= 15 is 0 Å². The SMILES string of the molecule is CC(C)[C@H](C)NC(=O)COC(=O)c1ccc(Cl)c(S(=O)(=O)NC[C@H]2CCCO2)c1. The van der Waals surface area contributed by atoms with Gasteiger partial charge in [0.2, 0.25) is 10.0 Å². The van der Waals surface area contributed by atoms with Crippen molar-refractivity contribution in [2.45, 2.75) is 50.7 Å². The molecule has 29 heavy (non-hydrogen) atoms. The third-order valence-corrected chi connectivity index (χ3v) is 6.61. The molecule has 0 saturated carbocycles. The summed E-state index contributed by atoms with van der Waals surface area (Å²) < 4.78 is 38.0. The Bertz CT molecular complexity index is 837. The molecule has 1 aromatic carbocycles. The largest absolute Gasteiger partial charge is 0.452 e. The first-order valence-electron chi connectivity index (χ1n) is 9.47. The molecule has 162 valence electrons. The molecule has 1 aliphatic heterocycles. The monoisotopic (exact) mass is 446 g/mol. The van der Waals surface area contributed by atoms with Crippen molar-refractivity contribution in [3.8, 4) is 0 Å². The van der Waals surface area contributed by atoms with Gasteiger partial charge in [0.1, 0.15) is 4.90 Å². The lowest BCUT2D eigenvalue weighted by Crippen LogP contribution is -2.38. The molecule has 1 heterocycles. The van der Waals surface area contributed by atoms with E-state index in [1.807, 2.05) is 20.8 Å². The van der Waals surface area contributed by atoms with E-state index in [1.54, 1.807) is 0 Å². The van der Waals surface area contributed by atoms with E-state index in [9.17, 15) is 18.0 Å². The number of sulfonamides is 1. The van der Waals surface area contributed by atoms with Crippen LogP contribution in [0, 0.1) is 5.92 Å². The molecule has 0 radical (unpaired) electrons. The predicted molar refractivity (Wildman–Crippen MR) is 108 cm³/mol. The number of ether oxygens (including phenoxy) is 2. The van der Waals surface area contributed by atoms with E-state index < -0.39 is 28.5 Å². The van der Waals surface area contributed by atoms with E-state index in [2.05, 4.69) is 10.0 Å². The first-order valence-corrected chi connectivity index (χ1v) is 11.3. The Labute approximate surface area is 176 Å². The lowest BCUT2D eigenvalue weighted by Gasteiger charge is -2.17. The second-order valence-corrected chi connectivity index (χ2v) is 9.45. The summed E-state index contributed by atoms with van der Waals surface area (Å²) in [5.41, 5.74) is -0.0170. The molecule has 0 unspecified atom stereocenters. The van der Waals surface area contributed by atoms with Crippen molar-refractivity contribution in [3.63, 3.8) is 0 Å². The highest BCUT2D eigenvalue weighted by atomic mass is 35.5. The van der Waals surface area contributed by atoms with Crippen LogP contribution in [0.3, 0.4) is 0 Å². The van der Waals surface area contributed by atoms with Gasteiger partial charge in [0.05, 0.1) is 16.7 Å². The third-order valence-electron chi connectivity index (χ3n) is 4.70. The van der Waals surface area contributed by atoms with Gasteiger partial charge in [0.25, 0.3) is 5.91 Å². The van der Waals surface area contributed by atoms with Gasteiger partial charge < -0.3 is 14.8 Å². The number of amides is 1. The van der Waals surface area contributed by atoms with Gasteiger partial charge >= 0.3 is 5.97 Å². The second kappa shape index (κ2) is 10.4. The smallest absolute Gasteiger partial charge is 0.338 e. The van der Waals surface area contributed by atoms with Gasteiger partial charge in [0.15, 0.2) is 6.61 Å². The number of rotatable bonds is 9. The van der Waals surface area contributed by atoms with Crippen molar-refractivity contribution in [1.82, 2.24) is 10.0 Å². The summed E-state index contributed by atoms with van der Waals surface area (Å²) in [7, 11) is -3.94. The van der Waals surface area contributed by atoms with Crippen molar-refractivity contribution in [3.05, 3.63) is 28.8 Å². The van der Waals surface area contributed by atoms with Gasteiger partial charge in [-0.05, 0) is 43.9 Å². The summed E-state index contributed by atoms with van der Waals surface area (Å²) in [5, 5.41) is 2.70. The maximum Gasteiger partial charge on any atom is 0.338 e. The lowest BCUT2D eigenvalue weighted by atomic mass is 10.1. The Kier molecular flexibility index (Phi) is 8.45. The van der Waals surface area contributed by atoms with Crippen LogP contribution in [-0.4, -0.2) is 52.2 Å². The van der Waals surface area contributed by atoms with Crippen LogP contribution in [0.15, 0.2) is 23.1 Å². The van der Waals surface area contributed by atoms with E-state index in [1.165, 1.54) is 12.1 Å². The van der Waals surface area contributed by atoms with Crippen molar-refractivity contribution >= 4 is 33.5 Å². The molecule has 10 heteroatoms. The summed E-state index contributed by atoms with van der Waals surface area (Å²) in [6.07, 6.45) is 1.49. The fraction of sp³-hybridized carbons (Fsp3) is 0.579. The van der Waals surface area contributed by atoms with Gasteiger partial charge in [-0.25, -0.2) is 17.9 Å². The van der Waals surface area contributed by atoms with Gasteiger partial charge in [0, 0.05) is 19.2 Å². The minimum Gasteiger partial charge on any atom is -0.452 e. The predicted octanol–water partition coefficient (Wildman–Crippen LogP) is 2.11. The van der Waals surface area contributed by atoms with Crippen LogP contribution in [0.4, 0.5) is 0 Å². The molecule has 0 aliphatic carbocycles. The zero-order chi connectivity index (χ0) is 21.6. The summed E-state index contributed by atoms with van der Waals surface area (Å²) in [4.78, 5) is 23.9. The highest BCUT2D eigenvalue weighted by molar-refractivity contribution is 7.89. The zero-order valence-electron chi connectivity index (χ0n) is 16.7. The van der Waals surface area contributed by atoms with E-state index in [0.29, 0.717) is 6.61 Å². The number of halogens is 1. The number of nitrogens with one attached hydrogen (secondary N) is 2. The minimum absolute atomic E-state index is 0.0170. The first-order chi connectivity index (χ1) is 13.6. The second-order valence-electron chi connectivity index (χ2n) is 7.31. The Balaban J connectivity index is 2.01. The number of hydrogen-bond acceptors (Lipinski definition) is 6. The molecule has 2 atom stereocenters. The van der Waals surface area contributed by atoms with Crippen molar-refractivity contribution < 1.29 is 27.5 Å². The van der Waals surface area contributed by atoms with E-state index in [-0.39, 0.29) is 40.1 Å². The topological polar surface area (TPSA) is 111 Å². The first kappa shape index (κ1) is 23.6. The fourth-order valence-electron chi connectivity index (χ4n) is 2.60. The number of hydrogen-bond donors (Lipinski definition) is 2. The van der Waals surface area contributed by atoms with Crippen LogP contribution >= 0.6 is 11.6 Å². The third kappa shape index (κ3) is 6.95. The average Bonchev–Trinajstić information content (AvgIpc) is 3.18. The maximum absolute atomic E-state index is 12.6. The minimum atomic E-state index is -3.94. The van der Waals surface area contributed by atoms with Gasteiger partial charge in [-0.15, -0.1) is 0 Å². The van der Waals surface area contributed by atoms with Crippen LogP contribution in [0.25, 0.3) is 0 Å². The molecule has 1 fully saturated rings. The van der Waals surface area contributed by atoms with Gasteiger partial charge in [-0.2, -0.15) is 0 Å². The zero-order valence-corrected chi connectivity index (χ0v) is 18.3. The van der Waals surface area contributed by atoms with Crippen LogP contribution in [-0.2, 0) is 24.3 Å². The highest BCUT2D eigenvalue weighted by Gasteiger charge is 2.24. The number of carbonyl (C=O) groups excluding carboxylic acids is 2. The average molecular weight is 447 g/mol. The fourth-order valence-corrected chi connectivity index (χ4v) is 4.19. The van der Waals surface area contributed by atoms with Crippen molar-refractivity contribution in [2.75, 3.05) is 19.8 Å². The molecule has 0 bridgehead atoms.